The zero-order chi connectivity index (χ0) is 21.8. The maximum atomic E-state index is 12.4. The molecule has 0 radical (unpaired) electrons. The van der Waals surface area contributed by atoms with Crippen molar-refractivity contribution in [1.82, 2.24) is 0 Å². The maximum absolute atomic E-state index is 12.4. The molecule has 31 heavy (non-hydrogen) atoms. The smallest absolute Gasteiger partial charge is 0.871 e. The molecule has 7 heteroatoms. The predicted molar refractivity (Wildman–Crippen MR) is 118 cm³/mol. The normalized spacial score (nSPS) is 11.2. The van der Waals surface area contributed by atoms with E-state index in [1.54, 1.807) is 36.4 Å². The molecule has 0 atom stereocenters. The summed E-state index contributed by atoms with van der Waals surface area (Å²) in [5.41, 5.74) is 0.720. The summed E-state index contributed by atoms with van der Waals surface area (Å²) in [5.74, 6) is -0.468. The maximum Gasteiger partial charge on any atom is 1.00 e. The number of rotatable bonds is 14. The van der Waals surface area contributed by atoms with Gasteiger partial charge < -0.3 is 9.84 Å². The van der Waals surface area contributed by atoms with Crippen LogP contribution < -0.4 is 39.4 Å². The van der Waals surface area contributed by atoms with E-state index in [0.29, 0.717) is 12.2 Å². The summed E-state index contributed by atoms with van der Waals surface area (Å²) in [7, 11) is -4.68. The minimum Gasteiger partial charge on any atom is -0.871 e. The Morgan fingerprint density at radius 1 is 0.871 bits per heavy atom. The molecule has 2 aromatic carbocycles. The molecule has 0 unspecified atom stereocenters. The Balaban J connectivity index is 0.00000480. The summed E-state index contributed by atoms with van der Waals surface area (Å²) in [4.78, 5) is -0.710. The Kier molecular flexibility index (Phi) is 13.5. The molecule has 0 fully saturated rings. The van der Waals surface area contributed by atoms with Gasteiger partial charge in [-0.05, 0) is 36.6 Å². The van der Waals surface area contributed by atoms with Crippen LogP contribution in [-0.4, -0.2) is 13.0 Å². The van der Waals surface area contributed by atoms with E-state index < -0.39 is 20.8 Å². The Labute approximate surface area is 209 Å². The van der Waals surface area contributed by atoms with Crippen molar-refractivity contribution in [3.8, 4) is 17.2 Å². The molecule has 0 aromatic heterocycles. The molecule has 5 nitrogen and oxygen atoms in total. The fourth-order valence-corrected chi connectivity index (χ4v) is 4.21. The van der Waals surface area contributed by atoms with E-state index in [2.05, 4.69) is 6.92 Å². The SMILES string of the molecule is CCCCCCCCCCCCc1cc([O-])c(S(=O)(=O)O)c(Oc2ccccc2)c1.[Na+]. The number of ether oxygens (including phenoxy) is 1. The van der Waals surface area contributed by atoms with E-state index in [-0.39, 0.29) is 35.3 Å². The van der Waals surface area contributed by atoms with E-state index >= 15 is 0 Å². The Morgan fingerprint density at radius 2 is 1.42 bits per heavy atom. The fraction of sp³-hybridized carbons (Fsp3) is 0.500. The second kappa shape index (κ2) is 14.9. The number of benzene rings is 2. The second-order valence-electron chi connectivity index (χ2n) is 7.74. The third-order valence-corrected chi connectivity index (χ3v) is 6.05. The van der Waals surface area contributed by atoms with Gasteiger partial charge in [0.2, 0.25) is 0 Å². The molecule has 1 N–H and O–H groups in total. The number of hydrogen-bond acceptors (Lipinski definition) is 4. The molecular weight excluding hydrogens is 423 g/mol. The Hall–Kier alpha value is -1.05. The predicted octanol–water partition coefficient (Wildman–Crippen LogP) is 3.27. The van der Waals surface area contributed by atoms with Gasteiger partial charge in [-0.1, -0.05) is 94.7 Å². The van der Waals surface area contributed by atoms with Crippen LogP contribution in [0.4, 0.5) is 0 Å². The van der Waals surface area contributed by atoms with Crippen molar-refractivity contribution in [3.63, 3.8) is 0 Å². The summed E-state index contributed by atoms with van der Waals surface area (Å²) >= 11 is 0. The summed E-state index contributed by atoms with van der Waals surface area (Å²) in [6.07, 6.45) is 12.9. The fourth-order valence-electron chi connectivity index (χ4n) is 3.54. The molecule has 0 bridgehead atoms. The summed E-state index contributed by atoms with van der Waals surface area (Å²) in [6, 6.07) is 11.4. The molecule has 0 aliphatic rings. The van der Waals surface area contributed by atoms with Gasteiger partial charge in [0.05, 0.1) is 0 Å². The van der Waals surface area contributed by atoms with Gasteiger partial charge in [-0.15, -0.1) is 0 Å². The topological polar surface area (TPSA) is 86.7 Å². The molecular formula is C24H33NaO5S. The van der Waals surface area contributed by atoms with Crippen LogP contribution in [-0.2, 0) is 16.5 Å². The molecule has 0 aliphatic heterocycles. The van der Waals surface area contributed by atoms with Crippen LogP contribution in [0.3, 0.4) is 0 Å². The Morgan fingerprint density at radius 3 is 1.97 bits per heavy atom. The first-order chi connectivity index (χ1) is 14.4. The zero-order valence-electron chi connectivity index (χ0n) is 18.8. The molecule has 0 saturated carbocycles. The molecule has 0 spiro atoms. The molecule has 2 rings (SSSR count). The van der Waals surface area contributed by atoms with Gasteiger partial charge >= 0.3 is 29.6 Å². The zero-order valence-corrected chi connectivity index (χ0v) is 21.6. The first kappa shape index (κ1) is 28.0. The monoisotopic (exact) mass is 456 g/mol. The molecule has 166 valence electrons. The van der Waals surface area contributed by atoms with Crippen molar-refractivity contribution >= 4 is 10.1 Å². The summed E-state index contributed by atoms with van der Waals surface area (Å²) in [6.45, 7) is 2.23. The van der Waals surface area contributed by atoms with Gasteiger partial charge in [0.15, 0.2) is 0 Å². The van der Waals surface area contributed by atoms with Gasteiger partial charge in [0.1, 0.15) is 16.4 Å². The summed E-state index contributed by atoms with van der Waals surface area (Å²) in [5, 5.41) is 12.4. The van der Waals surface area contributed by atoms with Crippen LogP contribution >= 0.6 is 0 Å². The third kappa shape index (κ3) is 10.4. The van der Waals surface area contributed by atoms with Crippen LogP contribution in [0.15, 0.2) is 47.4 Å². The molecule has 0 heterocycles. The van der Waals surface area contributed by atoms with E-state index in [1.807, 2.05) is 0 Å². The van der Waals surface area contributed by atoms with Gasteiger partial charge in [0, 0.05) is 0 Å². The average Bonchev–Trinajstić information content (AvgIpc) is 2.69. The number of hydrogen-bond donors (Lipinski definition) is 1. The standard InChI is InChI=1S/C24H34O5S.Na/c1-2-3-4-5-6-7-8-9-10-12-15-20-18-22(25)24(30(26,27)28)23(19-20)29-21-16-13-11-14-17-21;/h11,13-14,16-19,25H,2-10,12,15H2,1H3,(H,26,27,28);/q;+1/p-1. The van der Waals surface area contributed by atoms with E-state index in [0.717, 1.165) is 24.8 Å². The van der Waals surface area contributed by atoms with Crippen LogP contribution in [0.25, 0.3) is 0 Å². The van der Waals surface area contributed by atoms with E-state index in [1.165, 1.54) is 51.0 Å². The van der Waals surface area contributed by atoms with Crippen molar-refractivity contribution < 1.29 is 52.4 Å². The van der Waals surface area contributed by atoms with Crippen molar-refractivity contribution in [1.29, 1.82) is 0 Å². The molecule has 0 amide bonds. The van der Waals surface area contributed by atoms with Gasteiger partial charge in [-0.2, -0.15) is 8.42 Å². The second-order valence-corrected chi connectivity index (χ2v) is 9.10. The number of para-hydroxylation sites is 1. The molecule has 0 aliphatic carbocycles. The minimum atomic E-state index is -4.68. The molecule has 2 aromatic rings. The van der Waals surface area contributed by atoms with Crippen molar-refractivity contribution in [2.45, 2.75) is 82.4 Å². The first-order valence-corrected chi connectivity index (χ1v) is 12.4. The quantitative estimate of drug-likeness (QED) is 0.268. The average molecular weight is 457 g/mol. The van der Waals surface area contributed by atoms with Crippen LogP contribution in [0.1, 0.15) is 76.7 Å². The first-order valence-electron chi connectivity index (χ1n) is 11.0. The Bertz CT molecular complexity index is 869. The van der Waals surface area contributed by atoms with Gasteiger partial charge in [-0.25, -0.2) is 0 Å². The van der Waals surface area contributed by atoms with Crippen LogP contribution in [0, 0.1) is 0 Å². The van der Waals surface area contributed by atoms with Crippen LogP contribution in [0.5, 0.6) is 17.2 Å². The van der Waals surface area contributed by atoms with Crippen LogP contribution in [0.2, 0.25) is 0 Å². The van der Waals surface area contributed by atoms with Crippen molar-refractivity contribution in [2.75, 3.05) is 0 Å². The number of unbranched alkanes of at least 4 members (excludes halogenated alkanes) is 9. The van der Waals surface area contributed by atoms with Gasteiger partial charge in [-0.3, -0.25) is 4.55 Å². The van der Waals surface area contributed by atoms with E-state index in [9.17, 15) is 18.1 Å². The van der Waals surface area contributed by atoms with Crippen molar-refractivity contribution in [2.24, 2.45) is 0 Å². The largest absolute Gasteiger partial charge is 1.00 e. The minimum absolute atomic E-state index is 0. The van der Waals surface area contributed by atoms with Gasteiger partial charge in [0.25, 0.3) is 10.1 Å². The summed E-state index contributed by atoms with van der Waals surface area (Å²) < 4.78 is 38.5. The third-order valence-electron chi connectivity index (χ3n) is 5.13. The number of aryl methyl sites for hydroxylation is 1. The van der Waals surface area contributed by atoms with E-state index in [4.69, 9.17) is 4.74 Å². The molecule has 0 saturated heterocycles. The van der Waals surface area contributed by atoms with Crippen molar-refractivity contribution in [3.05, 3.63) is 48.0 Å².